The summed E-state index contributed by atoms with van der Waals surface area (Å²) >= 11 is 0. The predicted octanol–water partition coefficient (Wildman–Crippen LogP) is 1.61. The molecule has 1 aromatic rings. The average molecular weight is 301 g/mol. The van der Waals surface area contributed by atoms with Crippen LogP contribution in [0.4, 0.5) is 10.5 Å². The van der Waals surface area contributed by atoms with Gasteiger partial charge in [-0.05, 0) is 32.9 Å². The fraction of sp³-hybridized carbons (Fsp3) is 0.364. The zero-order valence-electron chi connectivity index (χ0n) is 11.0. The van der Waals surface area contributed by atoms with Crippen LogP contribution in [0, 0.1) is 16.2 Å². The average Bonchev–Trinajstić information content (AvgIpc) is 2.25. The molecule has 9 heteroatoms. The van der Waals surface area contributed by atoms with Crippen molar-refractivity contribution >= 4 is 21.8 Å². The van der Waals surface area contributed by atoms with E-state index in [1.54, 1.807) is 25.5 Å². The number of benzene rings is 1. The largest absolute Gasteiger partial charge is 0.443 e. The van der Waals surface area contributed by atoms with Crippen LogP contribution in [0.1, 0.15) is 20.8 Å². The lowest BCUT2D eigenvalue weighted by Gasteiger charge is -2.19. The Morgan fingerprint density at radius 2 is 2.05 bits per heavy atom. The van der Waals surface area contributed by atoms with E-state index in [1.165, 1.54) is 6.07 Å². The lowest BCUT2D eigenvalue weighted by Crippen LogP contribution is -2.36. The number of sulfonamides is 1. The second-order valence-electron chi connectivity index (χ2n) is 4.76. The molecule has 0 atom stereocenters. The number of nitrogens with zero attached hydrogens (tertiary/aromatic N) is 1. The van der Waals surface area contributed by atoms with Crippen LogP contribution in [0.5, 0.6) is 0 Å². The lowest BCUT2D eigenvalue weighted by atomic mass is 10.2. The zero-order valence-corrected chi connectivity index (χ0v) is 11.9. The maximum absolute atomic E-state index is 11.9. The summed E-state index contributed by atoms with van der Waals surface area (Å²) in [6.45, 7) is 4.66. The summed E-state index contributed by atoms with van der Waals surface area (Å²) in [4.78, 5) is 20.7. The van der Waals surface area contributed by atoms with Gasteiger partial charge >= 0.3 is 6.09 Å². The Balaban J connectivity index is 3.07. The van der Waals surface area contributed by atoms with Crippen molar-refractivity contribution in [2.24, 2.45) is 0 Å². The molecule has 0 aromatic heterocycles. The van der Waals surface area contributed by atoms with E-state index in [9.17, 15) is 23.3 Å². The van der Waals surface area contributed by atoms with Crippen LogP contribution in [0.25, 0.3) is 0 Å². The normalized spacial score (nSPS) is 11.8. The van der Waals surface area contributed by atoms with Gasteiger partial charge < -0.3 is 4.74 Å². The maximum atomic E-state index is 11.9. The van der Waals surface area contributed by atoms with Gasteiger partial charge in [0.1, 0.15) is 5.60 Å². The number of nitro groups is 1. The fourth-order valence-corrected chi connectivity index (χ4v) is 2.27. The molecule has 109 valence electrons. The van der Waals surface area contributed by atoms with Crippen molar-refractivity contribution in [1.29, 1.82) is 0 Å². The molecule has 0 fully saturated rings. The Kier molecular flexibility index (Phi) is 4.33. The highest BCUT2D eigenvalue weighted by Crippen LogP contribution is 2.22. The summed E-state index contributed by atoms with van der Waals surface area (Å²) in [7, 11) is -4.39. The number of rotatable bonds is 3. The van der Waals surface area contributed by atoms with E-state index in [-0.39, 0.29) is 0 Å². The van der Waals surface area contributed by atoms with Gasteiger partial charge in [0.05, 0.1) is 4.92 Å². The second kappa shape index (κ2) is 5.45. The molecule has 0 heterocycles. The smallest absolute Gasteiger partial charge is 0.421 e. The first-order valence-corrected chi connectivity index (χ1v) is 6.91. The number of carbonyl (C=O) groups excluding carboxylic acids is 1. The summed E-state index contributed by atoms with van der Waals surface area (Å²) in [5.74, 6) is 0. The number of ether oxygens (including phenoxy) is 1. The highest BCUT2D eigenvalue weighted by Gasteiger charge is 2.28. The van der Waals surface area contributed by atoms with Gasteiger partial charge in [-0.15, -0.1) is 0 Å². The quantitative estimate of drug-likeness (QED) is 0.669. The molecule has 1 amide bonds. The van der Waals surface area contributed by atoms with Gasteiger partial charge in [-0.2, -0.15) is 0 Å². The van der Waals surface area contributed by atoms with Gasteiger partial charge in [0.25, 0.3) is 15.7 Å². The van der Waals surface area contributed by atoms with E-state index in [0.717, 1.165) is 12.1 Å². The van der Waals surface area contributed by atoms with Gasteiger partial charge in [-0.3, -0.25) is 10.1 Å². The van der Waals surface area contributed by atoms with E-state index in [2.05, 4.69) is 6.07 Å². The number of carbonyl (C=O) groups is 1. The number of hydrogen-bond acceptors (Lipinski definition) is 6. The molecule has 0 spiro atoms. The molecule has 1 radical (unpaired) electrons. The highest BCUT2D eigenvalue weighted by atomic mass is 32.2. The minimum absolute atomic E-state index is 0.632. The first-order valence-electron chi connectivity index (χ1n) is 5.43. The van der Waals surface area contributed by atoms with Crippen molar-refractivity contribution in [3.8, 4) is 0 Å². The van der Waals surface area contributed by atoms with Gasteiger partial charge in [-0.25, -0.2) is 17.9 Å². The third-order valence-corrected chi connectivity index (χ3v) is 3.27. The zero-order chi connectivity index (χ0) is 15.6. The van der Waals surface area contributed by atoms with Crippen LogP contribution >= 0.6 is 0 Å². The predicted molar refractivity (Wildman–Crippen MR) is 68.5 cm³/mol. The SMILES string of the molecule is CC(C)(C)OC(=O)NS(=O)(=O)c1cc[c]cc1[N+](=O)[O-]. The molecular weight excluding hydrogens is 288 g/mol. The summed E-state index contributed by atoms with van der Waals surface area (Å²) < 4.78 is 30.3. The van der Waals surface area contributed by atoms with Gasteiger partial charge in [-0.1, -0.05) is 6.07 Å². The second-order valence-corrected chi connectivity index (χ2v) is 6.41. The van der Waals surface area contributed by atoms with E-state index in [4.69, 9.17) is 4.74 Å². The number of nitro benzene ring substituents is 1. The van der Waals surface area contributed by atoms with E-state index in [1.807, 2.05) is 0 Å². The van der Waals surface area contributed by atoms with Crippen LogP contribution in [0.15, 0.2) is 23.1 Å². The lowest BCUT2D eigenvalue weighted by molar-refractivity contribution is -0.387. The molecule has 0 aliphatic carbocycles. The molecule has 8 nitrogen and oxygen atoms in total. The fourth-order valence-electron chi connectivity index (χ4n) is 1.24. The summed E-state index contributed by atoms with van der Waals surface area (Å²) in [5.41, 5.74) is -1.57. The van der Waals surface area contributed by atoms with Crippen LogP contribution in [0.3, 0.4) is 0 Å². The third kappa shape index (κ3) is 4.19. The Morgan fingerprint density at radius 3 is 2.55 bits per heavy atom. The monoisotopic (exact) mass is 301 g/mol. The van der Waals surface area contributed by atoms with Crippen LogP contribution in [-0.2, 0) is 14.8 Å². The topological polar surface area (TPSA) is 116 Å². The van der Waals surface area contributed by atoms with Crippen molar-refractivity contribution in [3.63, 3.8) is 0 Å². The minimum atomic E-state index is -4.39. The minimum Gasteiger partial charge on any atom is -0.443 e. The molecule has 0 bridgehead atoms. The first-order chi connectivity index (χ1) is 9.03. The standard InChI is InChI=1S/C11H13N2O6S/c1-11(2,3)19-10(14)12-20(17,18)9-7-5-4-6-8(9)13(15)16/h5-7H,1-3H3,(H,12,14). The molecule has 20 heavy (non-hydrogen) atoms. The number of hydrogen-bond donors (Lipinski definition) is 1. The van der Waals surface area contributed by atoms with E-state index < -0.39 is 37.2 Å². The van der Waals surface area contributed by atoms with Crippen LogP contribution < -0.4 is 4.72 Å². The molecule has 1 rings (SSSR count). The molecule has 0 aliphatic heterocycles. The Hall–Kier alpha value is -2.16. The third-order valence-electron chi connectivity index (χ3n) is 1.91. The summed E-state index contributed by atoms with van der Waals surface area (Å²) in [5, 5.41) is 10.8. The van der Waals surface area contributed by atoms with Crippen molar-refractivity contribution < 1.29 is 22.9 Å². The summed E-state index contributed by atoms with van der Waals surface area (Å²) in [6.07, 6.45) is -1.21. The first kappa shape index (κ1) is 15.9. The van der Waals surface area contributed by atoms with Crippen molar-refractivity contribution in [2.45, 2.75) is 31.3 Å². The molecule has 1 aromatic carbocycles. The maximum Gasteiger partial charge on any atom is 0.421 e. The summed E-state index contributed by atoms with van der Waals surface area (Å²) in [6, 6.07) is 5.47. The molecule has 0 saturated heterocycles. The molecular formula is C11H13N2O6S. The van der Waals surface area contributed by atoms with Gasteiger partial charge in [0.2, 0.25) is 0 Å². The molecule has 1 N–H and O–H groups in total. The van der Waals surface area contributed by atoms with Crippen LogP contribution in [-0.4, -0.2) is 25.0 Å². The van der Waals surface area contributed by atoms with E-state index in [0.29, 0.717) is 0 Å². The Morgan fingerprint density at radius 1 is 1.45 bits per heavy atom. The van der Waals surface area contributed by atoms with Gasteiger partial charge in [0.15, 0.2) is 4.90 Å². The number of nitrogens with one attached hydrogen (secondary N) is 1. The van der Waals surface area contributed by atoms with Crippen molar-refractivity contribution in [2.75, 3.05) is 0 Å². The van der Waals surface area contributed by atoms with Crippen LogP contribution in [0.2, 0.25) is 0 Å². The van der Waals surface area contributed by atoms with Crippen molar-refractivity contribution in [3.05, 3.63) is 34.4 Å². The Labute approximate surface area is 115 Å². The molecule has 0 unspecified atom stereocenters. The number of amides is 1. The van der Waals surface area contributed by atoms with Crippen molar-refractivity contribution in [1.82, 2.24) is 4.72 Å². The van der Waals surface area contributed by atoms with Gasteiger partial charge in [0, 0.05) is 6.07 Å². The Bertz CT molecular complexity index is 633. The molecule has 0 aliphatic rings. The van der Waals surface area contributed by atoms with E-state index >= 15 is 0 Å². The highest BCUT2D eigenvalue weighted by molar-refractivity contribution is 7.90. The molecule has 0 saturated carbocycles.